The van der Waals surface area contributed by atoms with E-state index in [1.807, 2.05) is 12.1 Å². The minimum atomic E-state index is -0.920. The van der Waals surface area contributed by atoms with Gasteiger partial charge in [-0.3, -0.25) is 0 Å². The molecule has 26 heavy (non-hydrogen) atoms. The van der Waals surface area contributed by atoms with Gasteiger partial charge in [0.1, 0.15) is 0 Å². The van der Waals surface area contributed by atoms with Crippen molar-refractivity contribution < 1.29 is 14.6 Å². The van der Waals surface area contributed by atoms with E-state index < -0.39 is 5.97 Å². The summed E-state index contributed by atoms with van der Waals surface area (Å²) < 4.78 is 6.10. The Morgan fingerprint density at radius 3 is 2.19 bits per heavy atom. The number of carboxylic acids is 1. The second-order valence-corrected chi connectivity index (χ2v) is 8.26. The van der Waals surface area contributed by atoms with Crippen molar-refractivity contribution in [2.24, 2.45) is 0 Å². The summed E-state index contributed by atoms with van der Waals surface area (Å²) in [6.45, 7) is 15.7. The van der Waals surface area contributed by atoms with Crippen LogP contribution in [0.25, 0.3) is 5.57 Å². The number of carboxylic acid groups (broad SMARTS) is 1. The van der Waals surface area contributed by atoms with Crippen molar-refractivity contribution in [3.8, 4) is 0 Å². The Bertz CT molecular complexity index is 886. The third-order valence-electron chi connectivity index (χ3n) is 5.34. The average Bonchev–Trinajstić information content (AvgIpc) is 2.58. The summed E-state index contributed by atoms with van der Waals surface area (Å²) >= 11 is 0. The molecule has 2 aromatic rings. The highest BCUT2D eigenvalue weighted by Crippen LogP contribution is 2.43. The second kappa shape index (κ2) is 6.10. The normalized spacial score (nSPS) is 17.4. The molecule has 1 aliphatic rings. The molecule has 0 aromatic heterocycles. The molecule has 0 atom stereocenters. The first kappa shape index (κ1) is 18.4. The Labute approximate surface area is 155 Å². The van der Waals surface area contributed by atoms with Gasteiger partial charge < -0.3 is 9.84 Å². The lowest BCUT2D eigenvalue weighted by molar-refractivity contribution is -0.0588. The molecule has 1 aliphatic heterocycles. The number of aryl methyl sites for hydroxylation is 1. The van der Waals surface area contributed by atoms with Gasteiger partial charge in [-0.25, -0.2) is 4.79 Å². The van der Waals surface area contributed by atoms with Gasteiger partial charge >= 0.3 is 5.97 Å². The number of ether oxygens (including phenoxy) is 1. The van der Waals surface area contributed by atoms with E-state index in [0.29, 0.717) is 6.61 Å². The summed E-state index contributed by atoms with van der Waals surface area (Å²) in [5.41, 5.74) is 6.50. The van der Waals surface area contributed by atoms with Crippen LogP contribution < -0.4 is 0 Å². The fourth-order valence-electron chi connectivity index (χ4n) is 3.58. The third-order valence-corrected chi connectivity index (χ3v) is 5.34. The standard InChI is InChI=1S/C23H26O3/c1-14-11-20-19(22(3,4)13-26-23(20,5)6)12-18(14)15(2)16-7-9-17(10-8-16)21(24)25/h7-12H,2,13H2,1,3-6H3,(H,24,25). The lowest BCUT2D eigenvalue weighted by Crippen LogP contribution is -2.40. The average molecular weight is 350 g/mol. The van der Waals surface area contributed by atoms with E-state index >= 15 is 0 Å². The van der Waals surface area contributed by atoms with Crippen LogP contribution in [-0.2, 0) is 15.8 Å². The molecular formula is C23H26O3. The number of hydrogen-bond donors (Lipinski definition) is 1. The van der Waals surface area contributed by atoms with Crippen LogP contribution in [0.2, 0.25) is 0 Å². The molecule has 0 saturated carbocycles. The number of hydrogen-bond acceptors (Lipinski definition) is 2. The molecule has 2 aromatic carbocycles. The van der Waals surface area contributed by atoms with E-state index in [4.69, 9.17) is 9.84 Å². The SMILES string of the molecule is C=C(c1ccc(C(=O)O)cc1)c1cc2c(cc1C)C(C)(C)OCC2(C)C. The van der Waals surface area contributed by atoms with Crippen molar-refractivity contribution >= 4 is 11.5 Å². The van der Waals surface area contributed by atoms with Gasteiger partial charge in [-0.15, -0.1) is 0 Å². The van der Waals surface area contributed by atoms with Gasteiger partial charge in [-0.1, -0.05) is 38.6 Å². The maximum absolute atomic E-state index is 11.1. The Kier molecular flexibility index (Phi) is 4.32. The van der Waals surface area contributed by atoms with Crippen molar-refractivity contribution in [1.29, 1.82) is 0 Å². The molecule has 0 unspecified atom stereocenters. The molecule has 0 saturated heterocycles. The van der Waals surface area contributed by atoms with E-state index in [1.54, 1.807) is 12.1 Å². The van der Waals surface area contributed by atoms with Crippen molar-refractivity contribution in [3.63, 3.8) is 0 Å². The maximum atomic E-state index is 11.1. The van der Waals surface area contributed by atoms with Crippen LogP contribution in [0.15, 0.2) is 43.0 Å². The second-order valence-electron chi connectivity index (χ2n) is 8.26. The van der Waals surface area contributed by atoms with Crippen LogP contribution in [0.3, 0.4) is 0 Å². The molecule has 3 rings (SSSR count). The Balaban J connectivity index is 2.09. The molecule has 0 fully saturated rings. The number of benzene rings is 2. The van der Waals surface area contributed by atoms with Gasteiger partial charge in [0.05, 0.1) is 17.8 Å². The molecule has 0 radical (unpaired) electrons. The number of fused-ring (bicyclic) bond motifs is 1. The van der Waals surface area contributed by atoms with E-state index in [1.165, 1.54) is 11.1 Å². The fourth-order valence-corrected chi connectivity index (χ4v) is 3.58. The highest BCUT2D eigenvalue weighted by molar-refractivity contribution is 5.89. The molecule has 0 spiro atoms. The molecule has 3 nitrogen and oxygen atoms in total. The summed E-state index contributed by atoms with van der Waals surface area (Å²) in [6, 6.07) is 11.3. The van der Waals surface area contributed by atoms with Gasteiger partial charge in [-0.05, 0) is 72.4 Å². The van der Waals surface area contributed by atoms with E-state index in [9.17, 15) is 4.79 Å². The quantitative estimate of drug-likeness (QED) is 0.817. The van der Waals surface area contributed by atoms with Crippen molar-refractivity contribution in [1.82, 2.24) is 0 Å². The number of carbonyl (C=O) groups is 1. The first-order valence-electron chi connectivity index (χ1n) is 8.85. The predicted molar refractivity (Wildman–Crippen MR) is 105 cm³/mol. The zero-order valence-electron chi connectivity index (χ0n) is 16.1. The first-order chi connectivity index (χ1) is 12.0. The highest BCUT2D eigenvalue weighted by atomic mass is 16.5. The first-order valence-corrected chi connectivity index (χ1v) is 8.85. The lowest BCUT2D eigenvalue weighted by atomic mass is 9.73. The zero-order valence-corrected chi connectivity index (χ0v) is 16.1. The highest BCUT2D eigenvalue weighted by Gasteiger charge is 2.38. The third kappa shape index (κ3) is 3.08. The summed E-state index contributed by atoms with van der Waals surface area (Å²) in [7, 11) is 0. The Morgan fingerprint density at radius 2 is 1.62 bits per heavy atom. The monoisotopic (exact) mass is 350 g/mol. The lowest BCUT2D eigenvalue weighted by Gasteiger charge is -2.42. The minimum Gasteiger partial charge on any atom is -0.478 e. The van der Waals surface area contributed by atoms with Crippen molar-refractivity contribution in [3.05, 3.63) is 76.4 Å². The Hall–Kier alpha value is -2.39. The summed E-state index contributed by atoms with van der Waals surface area (Å²) in [5.74, 6) is -0.920. The maximum Gasteiger partial charge on any atom is 0.335 e. The summed E-state index contributed by atoms with van der Waals surface area (Å²) in [4.78, 5) is 11.1. The Morgan fingerprint density at radius 1 is 1.04 bits per heavy atom. The van der Waals surface area contributed by atoms with Crippen molar-refractivity contribution in [2.75, 3.05) is 6.61 Å². The van der Waals surface area contributed by atoms with Crippen LogP contribution in [0.5, 0.6) is 0 Å². The smallest absolute Gasteiger partial charge is 0.335 e. The molecule has 136 valence electrons. The molecule has 3 heteroatoms. The molecular weight excluding hydrogens is 324 g/mol. The topological polar surface area (TPSA) is 46.5 Å². The molecule has 0 amide bonds. The predicted octanol–water partition coefficient (Wildman–Crippen LogP) is 5.30. The van der Waals surface area contributed by atoms with Crippen LogP contribution in [0, 0.1) is 6.92 Å². The zero-order chi connectivity index (χ0) is 19.3. The summed E-state index contributed by atoms with van der Waals surface area (Å²) in [6.07, 6.45) is 0. The van der Waals surface area contributed by atoms with Crippen LogP contribution in [0.1, 0.15) is 65.9 Å². The summed E-state index contributed by atoms with van der Waals surface area (Å²) in [5, 5.41) is 9.08. The number of aromatic carboxylic acids is 1. The van der Waals surface area contributed by atoms with E-state index in [2.05, 4.69) is 53.3 Å². The fraction of sp³-hybridized carbons (Fsp3) is 0.348. The molecule has 1 N–H and O–H groups in total. The van der Waals surface area contributed by atoms with Gasteiger partial charge in [0.25, 0.3) is 0 Å². The largest absolute Gasteiger partial charge is 0.478 e. The van der Waals surface area contributed by atoms with Crippen molar-refractivity contribution in [2.45, 2.75) is 45.6 Å². The van der Waals surface area contributed by atoms with Gasteiger partial charge in [0.2, 0.25) is 0 Å². The van der Waals surface area contributed by atoms with Gasteiger partial charge in [0, 0.05) is 5.41 Å². The van der Waals surface area contributed by atoms with Gasteiger partial charge in [-0.2, -0.15) is 0 Å². The molecule has 0 aliphatic carbocycles. The molecule has 1 heterocycles. The van der Waals surface area contributed by atoms with Gasteiger partial charge in [0.15, 0.2) is 0 Å². The van der Waals surface area contributed by atoms with E-state index in [0.717, 1.165) is 22.3 Å². The minimum absolute atomic E-state index is 0.0687. The number of rotatable bonds is 3. The van der Waals surface area contributed by atoms with E-state index in [-0.39, 0.29) is 16.6 Å². The van der Waals surface area contributed by atoms with Crippen LogP contribution in [0.4, 0.5) is 0 Å². The van der Waals surface area contributed by atoms with Crippen LogP contribution in [-0.4, -0.2) is 17.7 Å². The molecule has 0 bridgehead atoms. The van der Waals surface area contributed by atoms with Crippen LogP contribution >= 0.6 is 0 Å².